The molecule has 1 fully saturated rings. The van der Waals surface area contributed by atoms with Crippen LogP contribution in [-0.4, -0.2) is 29.8 Å². The van der Waals surface area contributed by atoms with E-state index in [1.807, 2.05) is 24.3 Å². The number of amides is 1. The molecule has 0 aromatic heterocycles. The summed E-state index contributed by atoms with van der Waals surface area (Å²) in [5, 5.41) is 13.7. The number of aliphatic hydroxyl groups is 1. The highest BCUT2D eigenvalue weighted by molar-refractivity contribution is 14.1. The summed E-state index contributed by atoms with van der Waals surface area (Å²) in [6, 6.07) is 7.64. The molecule has 4 nitrogen and oxygen atoms in total. The molecule has 112 valence electrons. The van der Waals surface area contributed by atoms with Crippen LogP contribution in [0.15, 0.2) is 30.0 Å². The molecule has 0 radical (unpaired) electrons. The number of carbonyl (C=O) groups is 1. The molecule has 21 heavy (non-hydrogen) atoms. The van der Waals surface area contributed by atoms with Crippen molar-refractivity contribution in [2.45, 2.75) is 37.3 Å². The Morgan fingerprint density at radius 1 is 1.33 bits per heavy atom. The topological polar surface area (TPSA) is 58.6 Å². The van der Waals surface area contributed by atoms with Crippen molar-refractivity contribution >= 4 is 34.1 Å². The standard InChI is InChI=1S/C16H18INO3/c1-21-10-6-8-16(9-7-10)14(19)13(15(20)18-16)11-4-2-3-5-12(11)17/h2-5,10,19H,6-9H2,1H3,(H,18,20). The smallest absolute Gasteiger partial charge is 0.256 e. The van der Waals surface area contributed by atoms with Gasteiger partial charge in [0.1, 0.15) is 5.76 Å². The van der Waals surface area contributed by atoms with Crippen molar-refractivity contribution in [3.05, 3.63) is 39.2 Å². The predicted octanol–water partition coefficient (Wildman–Crippen LogP) is 3.02. The number of carbonyl (C=O) groups excluding carboxylic acids is 1. The van der Waals surface area contributed by atoms with Gasteiger partial charge in [0.05, 0.1) is 17.2 Å². The zero-order valence-corrected chi connectivity index (χ0v) is 14.0. The molecular weight excluding hydrogens is 381 g/mol. The van der Waals surface area contributed by atoms with E-state index >= 15 is 0 Å². The van der Waals surface area contributed by atoms with E-state index in [4.69, 9.17) is 4.74 Å². The van der Waals surface area contributed by atoms with Gasteiger partial charge in [0.25, 0.3) is 5.91 Å². The van der Waals surface area contributed by atoms with Gasteiger partial charge in [-0.25, -0.2) is 0 Å². The van der Waals surface area contributed by atoms with Crippen LogP contribution in [0.1, 0.15) is 31.2 Å². The Morgan fingerprint density at radius 2 is 2.00 bits per heavy atom. The summed E-state index contributed by atoms with van der Waals surface area (Å²) in [7, 11) is 1.71. The molecule has 0 bridgehead atoms. The largest absolute Gasteiger partial charge is 0.509 e. The Labute approximate surface area is 137 Å². The molecule has 1 aliphatic heterocycles. The van der Waals surface area contributed by atoms with E-state index in [0.29, 0.717) is 5.57 Å². The zero-order chi connectivity index (χ0) is 15.0. The number of methoxy groups -OCH3 is 1. The molecule has 0 saturated heterocycles. The summed E-state index contributed by atoms with van der Waals surface area (Å²) in [5.41, 5.74) is 0.634. The number of hydrogen-bond donors (Lipinski definition) is 2. The molecule has 5 heteroatoms. The van der Waals surface area contributed by atoms with Crippen molar-refractivity contribution in [3.8, 4) is 0 Å². The molecule has 1 aliphatic carbocycles. The Kier molecular flexibility index (Phi) is 3.96. The second kappa shape index (κ2) is 5.61. The minimum atomic E-state index is -0.597. The maximum atomic E-state index is 12.4. The SMILES string of the molecule is COC1CCC2(CC1)NC(=O)C(c1ccccc1I)=C2O. The van der Waals surface area contributed by atoms with Crippen LogP contribution in [0, 0.1) is 3.57 Å². The summed E-state index contributed by atoms with van der Waals surface area (Å²) >= 11 is 2.19. The molecule has 1 heterocycles. The van der Waals surface area contributed by atoms with Gasteiger partial charge < -0.3 is 15.2 Å². The normalized spacial score (nSPS) is 29.0. The van der Waals surface area contributed by atoms with Gasteiger partial charge in [0.2, 0.25) is 0 Å². The van der Waals surface area contributed by atoms with Crippen LogP contribution < -0.4 is 5.32 Å². The fraction of sp³-hybridized carbons (Fsp3) is 0.438. The monoisotopic (exact) mass is 399 g/mol. The number of benzene rings is 1. The van der Waals surface area contributed by atoms with Crippen molar-refractivity contribution < 1.29 is 14.6 Å². The van der Waals surface area contributed by atoms with Gasteiger partial charge >= 0.3 is 0 Å². The van der Waals surface area contributed by atoms with E-state index in [-0.39, 0.29) is 17.8 Å². The van der Waals surface area contributed by atoms with Crippen molar-refractivity contribution in [1.82, 2.24) is 5.32 Å². The summed E-state index contributed by atoms with van der Waals surface area (Å²) in [6.45, 7) is 0. The lowest BCUT2D eigenvalue weighted by Gasteiger charge is -2.36. The van der Waals surface area contributed by atoms with E-state index < -0.39 is 5.54 Å². The zero-order valence-electron chi connectivity index (χ0n) is 11.9. The van der Waals surface area contributed by atoms with E-state index in [2.05, 4.69) is 27.9 Å². The number of halogens is 1. The Bertz CT molecular complexity index is 603. The van der Waals surface area contributed by atoms with Gasteiger partial charge in [0, 0.05) is 16.2 Å². The molecular formula is C16H18INO3. The summed E-state index contributed by atoms with van der Waals surface area (Å²) < 4.78 is 6.34. The Morgan fingerprint density at radius 3 is 2.62 bits per heavy atom. The molecule has 1 aromatic rings. The lowest BCUT2D eigenvalue weighted by Crippen LogP contribution is -2.48. The average molecular weight is 399 g/mol. The van der Waals surface area contributed by atoms with E-state index in [1.54, 1.807) is 7.11 Å². The molecule has 0 atom stereocenters. The highest BCUT2D eigenvalue weighted by Gasteiger charge is 2.48. The highest BCUT2D eigenvalue weighted by atomic mass is 127. The van der Waals surface area contributed by atoms with E-state index in [0.717, 1.165) is 34.8 Å². The number of rotatable bonds is 2. The van der Waals surface area contributed by atoms with Gasteiger partial charge in [-0.05, 0) is 54.3 Å². The second-order valence-electron chi connectivity index (χ2n) is 5.67. The van der Waals surface area contributed by atoms with Crippen LogP contribution in [0.2, 0.25) is 0 Å². The molecule has 2 aliphatic rings. The molecule has 1 amide bonds. The number of nitrogens with one attached hydrogen (secondary N) is 1. The number of ether oxygens (including phenoxy) is 1. The van der Waals surface area contributed by atoms with Crippen LogP contribution in [-0.2, 0) is 9.53 Å². The Hall–Kier alpha value is -1.08. The van der Waals surface area contributed by atoms with Crippen LogP contribution in [0.5, 0.6) is 0 Å². The van der Waals surface area contributed by atoms with Crippen molar-refractivity contribution in [2.24, 2.45) is 0 Å². The number of aliphatic hydroxyl groups excluding tert-OH is 1. The molecule has 1 saturated carbocycles. The Balaban J connectivity index is 1.98. The van der Waals surface area contributed by atoms with E-state index in [1.165, 1.54) is 0 Å². The first-order valence-electron chi connectivity index (χ1n) is 7.11. The highest BCUT2D eigenvalue weighted by Crippen LogP contribution is 2.42. The molecule has 1 aromatic carbocycles. The number of hydrogen-bond acceptors (Lipinski definition) is 3. The van der Waals surface area contributed by atoms with Gasteiger partial charge in [-0.3, -0.25) is 4.79 Å². The quantitative estimate of drug-likeness (QED) is 0.752. The van der Waals surface area contributed by atoms with Crippen LogP contribution in [0.4, 0.5) is 0 Å². The average Bonchev–Trinajstić information content (AvgIpc) is 2.72. The fourth-order valence-electron chi connectivity index (χ4n) is 3.28. The lowest BCUT2D eigenvalue weighted by molar-refractivity contribution is -0.116. The van der Waals surface area contributed by atoms with Crippen LogP contribution in [0.3, 0.4) is 0 Å². The third-order valence-electron chi connectivity index (χ3n) is 4.53. The first kappa shape index (κ1) is 14.8. The first-order valence-corrected chi connectivity index (χ1v) is 8.19. The first-order chi connectivity index (χ1) is 10.1. The molecule has 1 spiro atoms. The summed E-state index contributed by atoms with van der Waals surface area (Å²) in [6.07, 6.45) is 3.35. The van der Waals surface area contributed by atoms with Crippen LogP contribution in [0.25, 0.3) is 5.57 Å². The van der Waals surface area contributed by atoms with Gasteiger partial charge in [-0.1, -0.05) is 18.2 Å². The molecule has 0 unspecified atom stereocenters. The third-order valence-corrected chi connectivity index (χ3v) is 5.47. The maximum absolute atomic E-state index is 12.4. The van der Waals surface area contributed by atoms with Crippen molar-refractivity contribution in [1.29, 1.82) is 0 Å². The molecule has 3 rings (SSSR count). The van der Waals surface area contributed by atoms with Gasteiger partial charge in [-0.2, -0.15) is 0 Å². The maximum Gasteiger partial charge on any atom is 0.256 e. The lowest BCUT2D eigenvalue weighted by atomic mass is 9.79. The summed E-state index contributed by atoms with van der Waals surface area (Å²) in [5.74, 6) is 0.0265. The van der Waals surface area contributed by atoms with Gasteiger partial charge in [0.15, 0.2) is 0 Å². The van der Waals surface area contributed by atoms with Crippen molar-refractivity contribution in [3.63, 3.8) is 0 Å². The fourth-order valence-corrected chi connectivity index (χ4v) is 3.94. The third kappa shape index (κ3) is 2.46. The summed E-state index contributed by atoms with van der Waals surface area (Å²) in [4.78, 5) is 12.4. The molecule has 2 N–H and O–H groups in total. The minimum absolute atomic E-state index is 0.174. The van der Waals surface area contributed by atoms with Crippen molar-refractivity contribution in [2.75, 3.05) is 7.11 Å². The van der Waals surface area contributed by atoms with E-state index in [9.17, 15) is 9.90 Å². The predicted molar refractivity (Wildman–Crippen MR) is 88.8 cm³/mol. The van der Waals surface area contributed by atoms with Crippen LogP contribution >= 0.6 is 22.6 Å². The van der Waals surface area contributed by atoms with Gasteiger partial charge in [-0.15, -0.1) is 0 Å². The minimum Gasteiger partial charge on any atom is -0.509 e. The second-order valence-corrected chi connectivity index (χ2v) is 6.84.